The van der Waals surface area contributed by atoms with E-state index >= 15 is 0 Å². The molecule has 0 radical (unpaired) electrons. The van der Waals surface area contributed by atoms with Gasteiger partial charge in [-0.15, -0.1) is 0 Å². The monoisotopic (exact) mass is 360 g/mol. The van der Waals surface area contributed by atoms with Crippen molar-refractivity contribution in [3.63, 3.8) is 0 Å². The zero-order valence-corrected chi connectivity index (χ0v) is 14.9. The number of amides is 1. The number of carbonyl (C=O) groups is 1. The number of nitrogens with one attached hydrogen (secondary N) is 1. The first-order valence-corrected chi connectivity index (χ1v) is 8.93. The molecule has 0 aliphatic carbocycles. The number of hydrogen-bond donors (Lipinski definition) is 1. The average molecular weight is 360 g/mol. The minimum Gasteiger partial charge on any atom is -0.329 e. The Labute approximate surface area is 155 Å². The highest BCUT2D eigenvalue weighted by atomic mass is 32.2. The van der Waals surface area contributed by atoms with Crippen LogP contribution in [-0.2, 0) is 7.05 Å². The zero-order chi connectivity index (χ0) is 17.9. The minimum atomic E-state index is -0.216. The molecule has 1 amide bonds. The fourth-order valence-corrected chi connectivity index (χ4v) is 3.45. The van der Waals surface area contributed by atoms with Crippen LogP contribution in [0.1, 0.15) is 10.5 Å². The minimum absolute atomic E-state index is 0.216. The molecule has 0 spiro atoms. The van der Waals surface area contributed by atoms with E-state index in [0.29, 0.717) is 5.69 Å². The number of carbonyl (C=O) groups excluding carboxylic acids is 1. The Morgan fingerprint density at radius 3 is 2.58 bits per heavy atom. The number of aryl methyl sites for hydroxylation is 1. The number of fused-ring (bicyclic) bond motifs is 1. The first-order valence-electron chi connectivity index (χ1n) is 8.11. The molecule has 2 heterocycles. The molecule has 0 atom stereocenters. The van der Waals surface area contributed by atoms with Crippen molar-refractivity contribution in [1.82, 2.24) is 14.5 Å². The summed E-state index contributed by atoms with van der Waals surface area (Å²) in [5.41, 5.74) is 1.16. The van der Waals surface area contributed by atoms with Gasteiger partial charge >= 0.3 is 0 Å². The molecule has 26 heavy (non-hydrogen) atoms. The topological polar surface area (TPSA) is 59.8 Å². The molecule has 0 aliphatic rings. The van der Waals surface area contributed by atoms with Gasteiger partial charge in [0.15, 0.2) is 5.16 Å². The first-order chi connectivity index (χ1) is 12.7. The van der Waals surface area contributed by atoms with Gasteiger partial charge < -0.3 is 9.88 Å². The molecule has 1 N–H and O–H groups in total. The van der Waals surface area contributed by atoms with Crippen molar-refractivity contribution in [2.24, 2.45) is 7.05 Å². The summed E-state index contributed by atoms with van der Waals surface area (Å²) in [6.07, 6.45) is 5.34. The quantitative estimate of drug-likeness (QED) is 0.587. The van der Waals surface area contributed by atoms with Crippen LogP contribution in [0.25, 0.3) is 10.8 Å². The maximum absolute atomic E-state index is 12.6. The second-order valence-electron chi connectivity index (χ2n) is 5.78. The van der Waals surface area contributed by atoms with Gasteiger partial charge in [-0.1, -0.05) is 36.0 Å². The Balaban J connectivity index is 1.52. The third-order valence-electron chi connectivity index (χ3n) is 3.99. The van der Waals surface area contributed by atoms with Crippen LogP contribution in [0.5, 0.6) is 0 Å². The van der Waals surface area contributed by atoms with Crippen LogP contribution in [0.2, 0.25) is 0 Å². The van der Waals surface area contributed by atoms with Gasteiger partial charge in [0.25, 0.3) is 5.91 Å². The van der Waals surface area contributed by atoms with Crippen LogP contribution in [0, 0.1) is 0 Å². The highest BCUT2D eigenvalue weighted by Gasteiger charge is 2.12. The standard InChI is InChI=1S/C20H16N4OS/c1-24-13-12-22-20(24)26-16-8-6-15(7-9-16)23-19(25)18-17-5-3-2-4-14(17)10-11-21-18/h2-13H,1H3,(H,23,25). The summed E-state index contributed by atoms with van der Waals surface area (Å²) in [6, 6.07) is 17.3. The van der Waals surface area contributed by atoms with Crippen LogP contribution in [0.4, 0.5) is 5.69 Å². The normalized spacial score (nSPS) is 10.8. The van der Waals surface area contributed by atoms with E-state index in [1.54, 1.807) is 24.2 Å². The highest BCUT2D eigenvalue weighted by molar-refractivity contribution is 7.99. The van der Waals surface area contributed by atoms with Gasteiger partial charge in [-0.3, -0.25) is 9.78 Å². The molecule has 0 unspecified atom stereocenters. The number of hydrogen-bond acceptors (Lipinski definition) is 4. The summed E-state index contributed by atoms with van der Waals surface area (Å²) < 4.78 is 1.96. The molecule has 0 bridgehead atoms. The Morgan fingerprint density at radius 2 is 1.81 bits per heavy atom. The molecule has 2 aromatic carbocycles. The van der Waals surface area contributed by atoms with Crippen LogP contribution in [0.3, 0.4) is 0 Å². The highest BCUT2D eigenvalue weighted by Crippen LogP contribution is 2.27. The fraction of sp³-hybridized carbons (Fsp3) is 0.0500. The van der Waals surface area contributed by atoms with Crippen LogP contribution in [0.15, 0.2) is 83.2 Å². The summed E-state index contributed by atoms with van der Waals surface area (Å²) in [7, 11) is 1.96. The average Bonchev–Trinajstić information content (AvgIpc) is 3.07. The molecule has 0 aliphatic heterocycles. The van der Waals surface area contributed by atoms with Crippen molar-refractivity contribution >= 4 is 34.1 Å². The van der Waals surface area contributed by atoms with E-state index < -0.39 is 0 Å². The summed E-state index contributed by atoms with van der Waals surface area (Å²) in [6.45, 7) is 0. The van der Waals surface area contributed by atoms with E-state index in [1.807, 2.05) is 72.4 Å². The van der Waals surface area contributed by atoms with Crippen LogP contribution < -0.4 is 5.32 Å². The Bertz CT molecular complexity index is 1070. The molecule has 5 nitrogen and oxygen atoms in total. The van der Waals surface area contributed by atoms with Crippen molar-refractivity contribution in [2.45, 2.75) is 10.1 Å². The summed E-state index contributed by atoms with van der Waals surface area (Å²) in [4.78, 5) is 22.2. The van der Waals surface area contributed by atoms with E-state index in [2.05, 4.69) is 15.3 Å². The summed E-state index contributed by atoms with van der Waals surface area (Å²) in [5, 5.41) is 5.67. The third-order valence-corrected chi connectivity index (χ3v) is 5.07. The lowest BCUT2D eigenvalue weighted by atomic mass is 10.1. The predicted octanol–water partition coefficient (Wildman–Crippen LogP) is 4.37. The Hall–Kier alpha value is -3.12. The fourth-order valence-electron chi connectivity index (χ4n) is 2.65. The lowest BCUT2D eigenvalue weighted by Crippen LogP contribution is -2.14. The number of aromatic nitrogens is 3. The molecular weight excluding hydrogens is 344 g/mol. The molecular formula is C20H16N4OS. The van der Waals surface area contributed by atoms with Crippen molar-refractivity contribution in [2.75, 3.05) is 5.32 Å². The first kappa shape index (κ1) is 16.4. The van der Waals surface area contributed by atoms with E-state index in [0.717, 1.165) is 26.5 Å². The molecule has 0 saturated heterocycles. The van der Waals surface area contributed by atoms with Gasteiger partial charge in [-0.2, -0.15) is 0 Å². The van der Waals surface area contributed by atoms with Crippen molar-refractivity contribution in [3.05, 3.63) is 78.9 Å². The second kappa shape index (κ2) is 7.01. The lowest BCUT2D eigenvalue weighted by Gasteiger charge is -2.08. The number of imidazole rings is 1. The second-order valence-corrected chi connectivity index (χ2v) is 6.82. The van der Waals surface area contributed by atoms with Crippen molar-refractivity contribution < 1.29 is 4.79 Å². The van der Waals surface area contributed by atoms with E-state index in [1.165, 1.54) is 0 Å². The van der Waals surface area contributed by atoms with E-state index in [4.69, 9.17) is 0 Å². The summed E-state index contributed by atoms with van der Waals surface area (Å²) in [5.74, 6) is -0.216. The van der Waals surface area contributed by atoms with Gasteiger partial charge in [0.1, 0.15) is 5.69 Å². The molecule has 128 valence electrons. The number of benzene rings is 2. The third kappa shape index (κ3) is 3.32. The SMILES string of the molecule is Cn1ccnc1Sc1ccc(NC(=O)c2nccc3ccccc23)cc1. The van der Waals surface area contributed by atoms with Gasteiger partial charge in [0.05, 0.1) is 0 Å². The van der Waals surface area contributed by atoms with Crippen LogP contribution >= 0.6 is 11.8 Å². The van der Waals surface area contributed by atoms with E-state index in [-0.39, 0.29) is 5.91 Å². The smallest absolute Gasteiger partial charge is 0.274 e. The molecule has 4 aromatic rings. The summed E-state index contributed by atoms with van der Waals surface area (Å²) >= 11 is 1.57. The molecule has 4 rings (SSSR count). The molecule has 0 saturated carbocycles. The zero-order valence-electron chi connectivity index (χ0n) is 14.1. The maximum atomic E-state index is 12.6. The molecule has 6 heteroatoms. The van der Waals surface area contributed by atoms with Gasteiger partial charge in [-0.25, -0.2) is 4.98 Å². The van der Waals surface area contributed by atoms with E-state index in [9.17, 15) is 4.79 Å². The largest absolute Gasteiger partial charge is 0.329 e. The number of anilines is 1. The Morgan fingerprint density at radius 1 is 1.00 bits per heavy atom. The van der Waals surface area contributed by atoms with Gasteiger partial charge in [0.2, 0.25) is 0 Å². The van der Waals surface area contributed by atoms with Crippen molar-refractivity contribution in [3.8, 4) is 0 Å². The van der Waals surface area contributed by atoms with Gasteiger partial charge in [0, 0.05) is 41.6 Å². The maximum Gasteiger partial charge on any atom is 0.274 e. The van der Waals surface area contributed by atoms with Crippen molar-refractivity contribution in [1.29, 1.82) is 0 Å². The van der Waals surface area contributed by atoms with Gasteiger partial charge in [-0.05, 0) is 35.7 Å². The van der Waals surface area contributed by atoms with Crippen LogP contribution in [-0.4, -0.2) is 20.4 Å². The molecule has 0 fully saturated rings. The number of nitrogens with zero attached hydrogens (tertiary/aromatic N) is 3. The Kier molecular flexibility index (Phi) is 4.41. The number of rotatable bonds is 4. The predicted molar refractivity (Wildman–Crippen MR) is 103 cm³/mol. The lowest BCUT2D eigenvalue weighted by molar-refractivity contribution is 0.102. The molecule has 2 aromatic heterocycles. The number of pyridine rings is 1.